The summed E-state index contributed by atoms with van der Waals surface area (Å²) < 4.78 is 37.6. The van der Waals surface area contributed by atoms with Crippen LogP contribution < -0.4 is 0 Å². The fraction of sp³-hybridized carbons (Fsp3) is 0.111. The first-order chi connectivity index (χ1) is 6.50. The number of rotatable bonds is 0. The molecule has 1 aromatic heterocycles. The van der Waals surface area contributed by atoms with Crippen molar-refractivity contribution in [3.05, 3.63) is 34.2 Å². The van der Waals surface area contributed by atoms with Gasteiger partial charge < -0.3 is 0 Å². The van der Waals surface area contributed by atoms with Gasteiger partial charge in [0.05, 0.1) is 15.3 Å². The fourth-order valence-electron chi connectivity index (χ4n) is 1.16. The summed E-state index contributed by atoms with van der Waals surface area (Å²) in [5, 5.41) is 1.98. The third-order valence-electron chi connectivity index (χ3n) is 1.79. The topological polar surface area (TPSA) is 0 Å². The van der Waals surface area contributed by atoms with Crippen molar-refractivity contribution in [2.45, 2.75) is 6.18 Å². The molecule has 1 aromatic carbocycles. The molecule has 14 heavy (non-hydrogen) atoms. The van der Waals surface area contributed by atoms with Crippen LogP contribution in [0.3, 0.4) is 0 Å². The van der Waals surface area contributed by atoms with Crippen molar-refractivity contribution < 1.29 is 13.2 Å². The van der Waals surface area contributed by atoms with Gasteiger partial charge in [-0.2, -0.15) is 13.2 Å². The Bertz CT molecular complexity index is 472. The number of benzene rings is 1. The van der Waals surface area contributed by atoms with Gasteiger partial charge >= 0.3 is 6.18 Å². The maximum Gasteiger partial charge on any atom is 0.417 e. The lowest BCUT2D eigenvalue weighted by molar-refractivity contribution is -0.137. The van der Waals surface area contributed by atoms with Crippen molar-refractivity contribution in [3.63, 3.8) is 0 Å². The second-order valence-corrected chi connectivity index (χ2v) is 3.94. The highest BCUT2D eigenvalue weighted by molar-refractivity contribution is 7.17. The van der Waals surface area contributed by atoms with Gasteiger partial charge in [-0.25, -0.2) is 0 Å². The summed E-state index contributed by atoms with van der Waals surface area (Å²) >= 11 is 6.79. The summed E-state index contributed by atoms with van der Waals surface area (Å²) in [6, 6.07) is 5.16. The summed E-state index contributed by atoms with van der Waals surface area (Å²) in [5.74, 6) is 0. The van der Waals surface area contributed by atoms with E-state index < -0.39 is 11.7 Å². The molecule has 0 aliphatic heterocycles. The minimum Gasteiger partial charge on any atom is -0.166 e. The highest BCUT2D eigenvalue weighted by Gasteiger charge is 2.33. The first kappa shape index (κ1) is 9.80. The van der Waals surface area contributed by atoms with Gasteiger partial charge in [-0.05, 0) is 11.4 Å². The molecular formula is C9H3ClF3S. The maximum atomic E-state index is 12.4. The predicted molar refractivity (Wildman–Crippen MR) is 50.7 cm³/mol. The van der Waals surface area contributed by atoms with Crippen LogP contribution in [0.1, 0.15) is 5.56 Å². The van der Waals surface area contributed by atoms with Crippen LogP contribution in [0.5, 0.6) is 0 Å². The minimum absolute atomic E-state index is 0.235. The Labute approximate surface area is 86.9 Å². The summed E-state index contributed by atoms with van der Waals surface area (Å²) in [6.45, 7) is 0. The lowest BCUT2D eigenvalue weighted by atomic mass is 10.2. The second kappa shape index (κ2) is 3.14. The van der Waals surface area contributed by atoms with E-state index in [2.05, 4.69) is 6.07 Å². The number of thiophene rings is 1. The van der Waals surface area contributed by atoms with Crippen LogP contribution >= 0.6 is 22.9 Å². The van der Waals surface area contributed by atoms with Crippen molar-refractivity contribution in [2.75, 3.05) is 0 Å². The molecule has 0 aliphatic rings. The molecule has 0 spiro atoms. The third kappa shape index (κ3) is 1.48. The van der Waals surface area contributed by atoms with E-state index in [0.717, 1.165) is 17.4 Å². The Morgan fingerprint density at radius 3 is 2.64 bits per heavy atom. The Morgan fingerprint density at radius 1 is 1.29 bits per heavy atom. The Balaban J connectivity index is 2.74. The summed E-state index contributed by atoms with van der Waals surface area (Å²) in [5.41, 5.74) is -0.789. The van der Waals surface area contributed by atoms with E-state index in [1.807, 2.05) is 0 Å². The molecule has 0 atom stereocenters. The van der Waals surface area contributed by atoms with Gasteiger partial charge in [0.15, 0.2) is 0 Å². The average molecular weight is 236 g/mol. The Kier molecular flexibility index (Phi) is 2.20. The van der Waals surface area contributed by atoms with Gasteiger partial charge in [-0.3, -0.25) is 0 Å². The van der Waals surface area contributed by atoms with Crippen molar-refractivity contribution in [1.82, 2.24) is 0 Å². The predicted octanol–water partition coefficient (Wildman–Crippen LogP) is 4.37. The SMILES string of the molecule is FC(F)(F)c1ccc2[c]csc2c1Cl. The third-order valence-corrected chi connectivity index (χ3v) is 3.19. The first-order valence-corrected chi connectivity index (χ1v) is 4.90. The van der Waals surface area contributed by atoms with Crippen LogP contribution in [-0.4, -0.2) is 0 Å². The molecule has 0 fully saturated rings. The summed E-state index contributed by atoms with van der Waals surface area (Å²) in [6.07, 6.45) is -4.39. The molecule has 1 heterocycles. The van der Waals surface area contributed by atoms with E-state index in [9.17, 15) is 13.2 Å². The quantitative estimate of drug-likeness (QED) is 0.636. The average Bonchev–Trinajstić information content (AvgIpc) is 2.50. The van der Waals surface area contributed by atoms with E-state index >= 15 is 0 Å². The lowest BCUT2D eigenvalue weighted by Gasteiger charge is -2.08. The maximum absolute atomic E-state index is 12.4. The second-order valence-electron chi connectivity index (χ2n) is 2.68. The fourth-order valence-corrected chi connectivity index (χ4v) is 2.33. The number of hydrogen-bond acceptors (Lipinski definition) is 1. The summed E-state index contributed by atoms with van der Waals surface area (Å²) in [4.78, 5) is 0. The van der Waals surface area contributed by atoms with Crippen molar-refractivity contribution in [3.8, 4) is 0 Å². The van der Waals surface area contributed by atoms with E-state index in [1.54, 1.807) is 5.38 Å². The van der Waals surface area contributed by atoms with Gasteiger partial charge in [0, 0.05) is 11.5 Å². The number of fused-ring (bicyclic) bond motifs is 1. The van der Waals surface area contributed by atoms with E-state index in [4.69, 9.17) is 11.6 Å². The van der Waals surface area contributed by atoms with Crippen LogP contribution in [0, 0.1) is 6.07 Å². The van der Waals surface area contributed by atoms with Crippen LogP contribution in [0.4, 0.5) is 13.2 Å². The van der Waals surface area contributed by atoms with Crippen LogP contribution in [0.25, 0.3) is 10.1 Å². The number of hydrogen-bond donors (Lipinski definition) is 0. The Hall–Kier alpha value is -0.740. The molecule has 2 rings (SSSR count). The molecule has 0 unspecified atom stereocenters. The van der Waals surface area contributed by atoms with Crippen molar-refractivity contribution in [1.29, 1.82) is 0 Å². The van der Waals surface area contributed by atoms with Gasteiger partial charge in [0.2, 0.25) is 0 Å². The highest BCUT2D eigenvalue weighted by Crippen LogP contribution is 2.39. The van der Waals surface area contributed by atoms with Crippen molar-refractivity contribution >= 4 is 33.0 Å². The molecule has 2 aromatic rings. The van der Waals surface area contributed by atoms with Gasteiger partial charge in [-0.1, -0.05) is 17.7 Å². The smallest absolute Gasteiger partial charge is 0.166 e. The highest BCUT2D eigenvalue weighted by atomic mass is 35.5. The molecule has 5 heteroatoms. The van der Waals surface area contributed by atoms with Crippen LogP contribution in [0.2, 0.25) is 5.02 Å². The molecule has 0 aliphatic carbocycles. The first-order valence-electron chi connectivity index (χ1n) is 3.65. The molecule has 1 radical (unpaired) electrons. The zero-order chi connectivity index (χ0) is 10.3. The molecule has 0 saturated carbocycles. The van der Waals surface area contributed by atoms with Gasteiger partial charge in [0.25, 0.3) is 0 Å². The molecule has 0 nitrogen and oxygen atoms in total. The van der Waals surface area contributed by atoms with Gasteiger partial charge in [-0.15, -0.1) is 11.3 Å². The molecule has 0 amide bonds. The lowest BCUT2D eigenvalue weighted by Crippen LogP contribution is -2.05. The number of alkyl halides is 3. The monoisotopic (exact) mass is 235 g/mol. The van der Waals surface area contributed by atoms with E-state index in [0.29, 0.717) is 10.1 Å². The van der Waals surface area contributed by atoms with Gasteiger partial charge in [0.1, 0.15) is 0 Å². The van der Waals surface area contributed by atoms with E-state index in [-0.39, 0.29) is 5.02 Å². The van der Waals surface area contributed by atoms with Crippen LogP contribution in [-0.2, 0) is 6.18 Å². The number of halogens is 4. The van der Waals surface area contributed by atoms with Crippen LogP contribution in [0.15, 0.2) is 17.5 Å². The van der Waals surface area contributed by atoms with Crippen molar-refractivity contribution in [2.24, 2.45) is 0 Å². The minimum atomic E-state index is -4.39. The normalized spacial score (nSPS) is 12.3. The molecule has 0 bridgehead atoms. The molecule has 0 N–H and O–H groups in total. The summed E-state index contributed by atoms with van der Waals surface area (Å²) in [7, 11) is 0. The zero-order valence-corrected chi connectivity index (χ0v) is 8.22. The largest absolute Gasteiger partial charge is 0.417 e. The molecule has 0 saturated heterocycles. The Morgan fingerprint density at radius 2 is 2.00 bits per heavy atom. The molecule has 73 valence electrons. The molecular weight excluding hydrogens is 233 g/mol. The standard InChI is InChI=1S/C9H3ClF3S/c10-7-6(9(11,12)13)2-1-5-3-4-14-8(5)7/h1-2,4H. The zero-order valence-electron chi connectivity index (χ0n) is 6.65. The van der Waals surface area contributed by atoms with E-state index in [1.165, 1.54) is 6.07 Å².